The molecule has 0 aromatic carbocycles. The highest BCUT2D eigenvalue weighted by atomic mass is 31.2. The summed E-state index contributed by atoms with van der Waals surface area (Å²) in [6.45, 7) is -0.799. The van der Waals surface area contributed by atoms with E-state index < -0.39 is 82.5 Å². The van der Waals surface area contributed by atoms with Crippen LogP contribution in [0.1, 0.15) is 18.9 Å². The van der Waals surface area contributed by atoms with Gasteiger partial charge in [-0.1, -0.05) is 0 Å². The molecular formula is C23H23N9O13P2. The number of aliphatic hydroxyl groups excluding tert-OH is 2. The monoisotopic (exact) mass is 695 g/mol. The average Bonchev–Trinajstić information content (AvgIpc) is 3.61. The van der Waals surface area contributed by atoms with Crippen LogP contribution in [0.2, 0.25) is 0 Å². The lowest BCUT2D eigenvalue weighted by Gasteiger charge is -2.27. The van der Waals surface area contributed by atoms with Gasteiger partial charge in [0.1, 0.15) is 48.6 Å². The Morgan fingerprint density at radius 3 is 2.47 bits per heavy atom. The number of hydrogen-bond donors (Lipinski definition) is 5. The molecule has 11 atom stereocenters. The maximum Gasteiger partial charge on any atom is 0.473 e. The molecule has 1 aliphatic carbocycles. The standard InChI is InChI=1S/C23H23N9O13P2/c33-13-15-9(41-21(13)31-8-28-12-19(31)25-5-26-20(12)35)4-40-46(36,37)45-16-14(34)22(42-23(16)3-10(23)43-47(38,39)44-15)32-7-27-11-17-24-1-2-30(17)6-29-18(11)32/h1-2,5-10,13-16,21-22,33-34H,3-4H2,(H,36,37)(H,38,39)(H,25,26,35)/t9-,10?,13-,14-,15-,16+,21-,22-,23?/m1/s1. The molecule has 1 saturated carbocycles. The fourth-order valence-corrected chi connectivity index (χ4v) is 8.61. The molecule has 22 nitrogen and oxygen atoms in total. The molecule has 5 N–H and O–H groups in total. The second-order valence-electron chi connectivity index (χ2n) is 11.4. The molecule has 1 spiro atoms. The van der Waals surface area contributed by atoms with Crippen molar-refractivity contribution in [3.63, 3.8) is 0 Å². The highest BCUT2D eigenvalue weighted by molar-refractivity contribution is 7.47. The molecule has 0 bridgehead atoms. The van der Waals surface area contributed by atoms with Crippen LogP contribution in [0, 0.1) is 0 Å². The van der Waals surface area contributed by atoms with E-state index in [-0.39, 0.29) is 23.2 Å². The highest BCUT2D eigenvalue weighted by Gasteiger charge is 2.74. The van der Waals surface area contributed by atoms with E-state index in [1.165, 1.54) is 21.8 Å². The summed E-state index contributed by atoms with van der Waals surface area (Å²) in [6.07, 6.45) is -3.94. The lowest BCUT2D eigenvalue weighted by Crippen LogP contribution is -2.39. The number of nitrogens with one attached hydrogen (secondary N) is 1. The Balaban J connectivity index is 1.03. The van der Waals surface area contributed by atoms with Gasteiger partial charge in [-0.05, 0) is 0 Å². The zero-order valence-electron chi connectivity index (χ0n) is 23.4. The van der Waals surface area contributed by atoms with Crippen molar-refractivity contribution in [1.82, 2.24) is 43.4 Å². The van der Waals surface area contributed by atoms with Crippen molar-refractivity contribution < 1.29 is 56.7 Å². The minimum absolute atomic E-state index is 0.0131. The summed E-state index contributed by atoms with van der Waals surface area (Å²) < 4.78 is 64.4. The minimum atomic E-state index is -5.05. The largest absolute Gasteiger partial charge is 0.473 e. The minimum Gasteiger partial charge on any atom is -0.386 e. The average molecular weight is 695 g/mol. The number of phosphoric ester groups is 2. The molecule has 3 aliphatic heterocycles. The number of aliphatic hydroxyl groups is 2. The molecule has 0 amide bonds. The molecule has 0 radical (unpaired) electrons. The molecule has 4 fully saturated rings. The van der Waals surface area contributed by atoms with Gasteiger partial charge < -0.3 is 34.5 Å². The maximum atomic E-state index is 13.4. The maximum absolute atomic E-state index is 13.4. The summed E-state index contributed by atoms with van der Waals surface area (Å²) in [5, 5.41) is 22.6. The van der Waals surface area contributed by atoms with E-state index in [1.807, 2.05) is 0 Å². The van der Waals surface area contributed by atoms with Crippen LogP contribution in [0.5, 0.6) is 0 Å². The number of nitrogens with zero attached hydrogens (tertiary/aromatic N) is 8. The number of fused-ring (bicyclic) bond motifs is 5. The van der Waals surface area contributed by atoms with Gasteiger partial charge in [0.2, 0.25) is 0 Å². The first-order valence-electron chi connectivity index (χ1n) is 14.0. The van der Waals surface area contributed by atoms with Crippen molar-refractivity contribution in [2.24, 2.45) is 0 Å². The third kappa shape index (κ3) is 4.50. The first-order chi connectivity index (χ1) is 22.4. The van der Waals surface area contributed by atoms with E-state index in [2.05, 4.69) is 29.9 Å². The molecule has 9 rings (SSSR count). The second-order valence-corrected chi connectivity index (χ2v) is 14.2. The van der Waals surface area contributed by atoms with Crippen molar-refractivity contribution in [3.05, 3.63) is 48.1 Å². The number of aromatic nitrogens is 9. The quantitative estimate of drug-likeness (QED) is 0.137. The summed E-state index contributed by atoms with van der Waals surface area (Å²) in [7, 11) is -10.1. The van der Waals surface area contributed by atoms with Crippen LogP contribution in [0.15, 0.2) is 42.5 Å². The van der Waals surface area contributed by atoms with Crippen LogP contribution < -0.4 is 5.56 Å². The molecule has 3 saturated heterocycles. The first kappa shape index (κ1) is 29.6. The third-order valence-electron chi connectivity index (χ3n) is 8.65. The molecule has 47 heavy (non-hydrogen) atoms. The number of imidazole rings is 3. The van der Waals surface area contributed by atoms with E-state index in [0.29, 0.717) is 11.2 Å². The molecule has 4 aliphatic rings. The van der Waals surface area contributed by atoms with Crippen molar-refractivity contribution >= 4 is 43.6 Å². The topological polar surface area (TPSA) is 282 Å². The van der Waals surface area contributed by atoms with E-state index in [0.717, 1.165) is 12.7 Å². The van der Waals surface area contributed by atoms with Gasteiger partial charge in [-0.15, -0.1) is 0 Å². The number of phosphoric acid groups is 2. The lowest BCUT2D eigenvalue weighted by molar-refractivity contribution is -0.0733. The predicted octanol–water partition coefficient (Wildman–Crippen LogP) is -1.11. The van der Waals surface area contributed by atoms with Gasteiger partial charge in [-0.25, -0.2) is 34.0 Å². The number of H-pyrrole nitrogens is 1. The Kier molecular flexibility index (Phi) is 6.31. The molecule has 24 heteroatoms. The van der Waals surface area contributed by atoms with E-state index in [1.54, 1.807) is 16.8 Å². The van der Waals surface area contributed by atoms with E-state index >= 15 is 0 Å². The fraction of sp³-hybridized carbons (Fsp3) is 0.478. The number of ether oxygens (including phenoxy) is 2. The van der Waals surface area contributed by atoms with Gasteiger partial charge in [0.05, 0.1) is 25.6 Å². The second kappa shape index (κ2) is 10.0. The first-order valence-corrected chi connectivity index (χ1v) is 17.0. The van der Waals surface area contributed by atoms with Gasteiger partial charge in [0, 0.05) is 18.8 Å². The Hall–Kier alpha value is -3.50. The van der Waals surface area contributed by atoms with Crippen molar-refractivity contribution in [2.45, 2.75) is 61.1 Å². The zero-order valence-corrected chi connectivity index (χ0v) is 25.2. The van der Waals surface area contributed by atoms with Crippen molar-refractivity contribution in [1.29, 1.82) is 0 Å². The molecular weight excluding hydrogens is 672 g/mol. The lowest BCUT2D eigenvalue weighted by atomic mass is 10.1. The van der Waals surface area contributed by atoms with Gasteiger partial charge in [0.15, 0.2) is 40.4 Å². The fourth-order valence-electron chi connectivity index (χ4n) is 6.43. The van der Waals surface area contributed by atoms with E-state index in [9.17, 15) is 33.9 Å². The molecule has 248 valence electrons. The van der Waals surface area contributed by atoms with Gasteiger partial charge in [-0.2, -0.15) is 0 Å². The van der Waals surface area contributed by atoms with Crippen LogP contribution in [-0.4, -0.2) is 112 Å². The van der Waals surface area contributed by atoms with Crippen LogP contribution >= 0.6 is 15.6 Å². The van der Waals surface area contributed by atoms with Crippen LogP contribution in [0.4, 0.5) is 0 Å². The van der Waals surface area contributed by atoms with Crippen LogP contribution in [0.3, 0.4) is 0 Å². The Morgan fingerprint density at radius 1 is 0.872 bits per heavy atom. The predicted molar refractivity (Wildman–Crippen MR) is 148 cm³/mol. The molecule has 5 aromatic rings. The van der Waals surface area contributed by atoms with Crippen LogP contribution in [-0.2, 0) is 36.7 Å². The number of aromatic amines is 1. The van der Waals surface area contributed by atoms with Gasteiger partial charge in [-0.3, -0.25) is 36.4 Å². The number of rotatable bonds is 2. The molecule has 8 heterocycles. The normalized spacial score (nSPS) is 40.6. The van der Waals surface area contributed by atoms with Crippen molar-refractivity contribution in [3.8, 4) is 0 Å². The highest BCUT2D eigenvalue weighted by Crippen LogP contribution is 2.65. The van der Waals surface area contributed by atoms with Crippen LogP contribution in [0.25, 0.3) is 28.0 Å². The summed E-state index contributed by atoms with van der Waals surface area (Å²) in [5.41, 5.74) is -1.22. The Labute approximate surface area is 259 Å². The third-order valence-corrected chi connectivity index (χ3v) is 10.7. The smallest absolute Gasteiger partial charge is 0.386 e. The Morgan fingerprint density at radius 2 is 1.64 bits per heavy atom. The summed E-state index contributed by atoms with van der Waals surface area (Å²) >= 11 is 0. The summed E-state index contributed by atoms with van der Waals surface area (Å²) in [6, 6.07) is 0. The number of hydrogen-bond acceptors (Lipinski definition) is 16. The zero-order chi connectivity index (χ0) is 32.5. The summed E-state index contributed by atoms with van der Waals surface area (Å²) in [5.74, 6) is 0. The summed E-state index contributed by atoms with van der Waals surface area (Å²) in [4.78, 5) is 57.1. The Bertz CT molecular complexity index is 2220. The molecule has 4 unspecified atom stereocenters. The SMILES string of the molecule is O=c1[nH]cnc2c1ncn2[C@@H]1O[C@@H]2COP(=O)(O)O[C@H]3[C@@H](O)[C@H](n4cnc5c4ncn4ccnc54)OC34CC4OP(=O)(O)O[C@H]2[C@H]1O. The van der Waals surface area contributed by atoms with Crippen molar-refractivity contribution in [2.75, 3.05) is 6.61 Å². The van der Waals surface area contributed by atoms with E-state index in [4.69, 9.17) is 27.6 Å². The van der Waals surface area contributed by atoms with Gasteiger partial charge in [0.25, 0.3) is 5.56 Å². The van der Waals surface area contributed by atoms with Gasteiger partial charge >= 0.3 is 15.6 Å². The molecule has 5 aromatic heterocycles.